The Balaban J connectivity index is 1.36. The van der Waals surface area contributed by atoms with Crippen molar-refractivity contribution in [1.29, 1.82) is 0 Å². The highest BCUT2D eigenvalue weighted by molar-refractivity contribution is 6.16. The zero-order chi connectivity index (χ0) is 28.5. The van der Waals surface area contributed by atoms with Gasteiger partial charge in [0.15, 0.2) is 0 Å². The summed E-state index contributed by atoms with van der Waals surface area (Å²) >= 11 is 0. The number of imidazole rings is 1. The summed E-state index contributed by atoms with van der Waals surface area (Å²) in [5.74, 6) is 0.842. The molecular formula is C30H33FN6O4. The van der Waals surface area contributed by atoms with E-state index in [0.29, 0.717) is 78.4 Å². The van der Waals surface area contributed by atoms with Crippen molar-refractivity contribution in [3.63, 3.8) is 0 Å². The Morgan fingerprint density at radius 3 is 2.85 bits per heavy atom. The molecule has 0 unspecified atom stereocenters. The molecule has 0 atom stereocenters. The first-order valence-corrected chi connectivity index (χ1v) is 14.0. The third kappa shape index (κ3) is 5.17. The Hall–Kier alpha value is -4.25. The van der Waals surface area contributed by atoms with Crippen molar-refractivity contribution in [3.05, 3.63) is 65.1 Å². The molecule has 0 bridgehead atoms. The van der Waals surface area contributed by atoms with Gasteiger partial charge in [0.05, 0.1) is 31.1 Å². The van der Waals surface area contributed by atoms with Gasteiger partial charge in [-0.3, -0.25) is 4.79 Å². The maximum Gasteiger partial charge on any atom is 0.318 e. The van der Waals surface area contributed by atoms with Gasteiger partial charge in [-0.15, -0.1) is 0 Å². The molecule has 0 spiro atoms. The molecule has 1 N–H and O–H groups in total. The van der Waals surface area contributed by atoms with Crippen molar-refractivity contribution in [3.8, 4) is 11.8 Å². The zero-order valence-electron chi connectivity index (χ0n) is 23.3. The predicted molar refractivity (Wildman–Crippen MR) is 152 cm³/mol. The standard InChI is InChI=1S/C30H33FN6O4/c1-3-21-22(31)8-7-19-16-20(38)17-24(26(19)21)37-18-23-27(29(37)39)28(36-10-5-13-40-15-12-36)34-30(33-23)41-14-4-6-25-32-9-11-35(25)2/h7-9,11,16-17,38H,3-6,10,12-15,18H2,1-2H3. The molecule has 214 valence electrons. The minimum Gasteiger partial charge on any atom is -0.508 e. The number of fused-ring (bicyclic) bond motifs is 2. The summed E-state index contributed by atoms with van der Waals surface area (Å²) in [4.78, 5) is 31.4. The maximum absolute atomic E-state index is 14.9. The van der Waals surface area contributed by atoms with Crippen LogP contribution in [0.15, 0.2) is 36.7 Å². The van der Waals surface area contributed by atoms with E-state index >= 15 is 0 Å². The summed E-state index contributed by atoms with van der Waals surface area (Å²) < 4.78 is 28.5. The van der Waals surface area contributed by atoms with Crippen molar-refractivity contribution in [2.45, 2.75) is 39.2 Å². The van der Waals surface area contributed by atoms with Crippen LogP contribution in [0.2, 0.25) is 0 Å². The largest absolute Gasteiger partial charge is 0.508 e. The Morgan fingerprint density at radius 1 is 1.17 bits per heavy atom. The summed E-state index contributed by atoms with van der Waals surface area (Å²) in [7, 11) is 1.96. The summed E-state index contributed by atoms with van der Waals surface area (Å²) in [6.45, 7) is 4.83. The summed E-state index contributed by atoms with van der Waals surface area (Å²) in [6.07, 6.45) is 6.39. The highest BCUT2D eigenvalue weighted by Crippen LogP contribution is 2.41. The first-order chi connectivity index (χ1) is 19.9. The lowest BCUT2D eigenvalue weighted by molar-refractivity contribution is 0.0997. The highest BCUT2D eigenvalue weighted by atomic mass is 19.1. The van der Waals surface area contributed by atoms with Gasteiger partial charge < -0.3 is 28.9 Å². The Labute approximate surface area is 237 Å². The van der Waals surface area contributed by atoms with Gasteiger partial charge in [0.25, 0.3) is 5.91 Å². The molecule has 11 heteroatoms. The van der Waals surface area contributed by atoms with Gasteiger partial charge in [0.2, 0.25) is 0 Å². The van der Waals surface area contributed by atoms with E-state index < -0.39 is 0 Å². The third-order valence-electron chi connectivity index (χ3n) is 7.71. The molecule has 6 rings (SSSR count). The number of ether oxygens (including phenoxy) is 2. The van der Waals surface area contributed by atoms with E-state index in [1.807, 2.05) is 29.6 Å². The summed E-state index contributed by atoms with van der Waals surface area (Å²) in [5, 5.41) is 11.8. The maximum atomic E-state index is 14.9. The Kier molecular flexibility index (Phi) is 7.44. The van der Waals surface area contributed by atoms with E-state index in [4.69, 9.17) is 14.5 Å². The number of phenolic OH excluding ortho intramolecular Hbond substituents is 1. The van der Waals surface area contributed by atoms with Crippen LogP contribution in [0.5, 0.6) is 11.8 Å². The fraction of sp³-hybridized carbons (Fsp3) is 0.400. The molecule has 0 radical (unpaired) electrons. The van der Waals surface area contributed by atoms with Crippen molar-refractivity contribution in [2.24, 2.45) is 7.05 Å². The number of benzene rings is 2. The number of phenols is 1. The number of rotatable bonds is 8. The monoisotopic (exact) mass is 560 g/mol. The van der Waals surface area contributed by atoms with Crippen molar-refractivity contribution < 1.29 is 23.8 Å². The topological polar surface area (TPSA) is 106 Å². The molecule has 1 amide bonds. The van der Waals surface area contributed by atoms with Crippen LogP contribution in [0.4, 0.5) is 15.9 Å². The van der Waals surface area contributed by atoms with Crippen LogP contribution in [-0.4, -0.2) is 63.4 Å². The van der Waals surface area contributed by atoms with Gasteiger partial charge in [-0.1, -0.05) is 13.0 Å². The summed E-state index contributed by atoms with van der Waals surface area (Å²) in [6, 6.07) is 6.34. The highest BCUT2D eigenvalue weighted by Gasteiger charge is 2.37. The van der Waals surface area contributed by atoms with Crippen molar-refractivity contribution in [2.75, 3.05) is 42.7 Å². The van der Waals surface area contributed by atoms with Crippen LogP contribution >= 0.6 is 0 Å². The second kappa shape index (κ2) is 11.3. The molecule has 0 aliphatic carbocycles. The van der Waals surface area contributed by atoms with Crippen molar-refractivity contribution in [1.82, 2.24) is 19.5 Å². The van der Waals surface area contributed by atoms with Crippen LogP contribution in [0.1, 0.15) is 47.2 Å². The molecular weight excluding hydrogens is 527 g/mol. The number of nitrogens with zero attached hydrogens (tertiary/aromatic N) is 6. The number of aryl methyl sites for hydroxylation is 3. The van der Waals surface area contributed by atoms with Gasteiger partial charge in [-0.05, 0) is 42.3 Å². The molecule has 2 aromatic carbocycles. The number of aromatic hydroxyl groups is 1. The molecule has 2 aromatic heterocycles. The minimum atomic E-state index is -0.345. The molecule has 2 aliphatic heterocycles. The van der Waals surface area contributed by atoms with Gasteiger partial charge in [-0.2, -0.15) is 9.97 Å². The molecule has 41 heavy (non-hydrogen) atoms. The molecule has 4 aromatic rings. The average molecular weight is 561 g/mol. The number of halogens is 1. The van der Waals surface area contributed by atoms with E-state index in [1.54, 1.807) is 23.2 Å². The normalized spacial score (nSPS) is 15.4. The van der Waals surface area contributed by atoms with Crippen LogP contribution in [0, 0.1) is 5.82 Å². The number of anilines is 2. The molecule has 1 saturated heterocycles. The SMILES string of the molecule is CCc1c(F)ccc2cc(O)cc(N3Cc4nc(OCCCc5nccn5C)nc(N5CCCOCC5)c4C3=O)c12. The van der Waals surface area contributed by atoms with Crippen LogP contribution in [-0.2, 0) is 31.2 Å². The van der Waals surface area contributed by atoms with E-state index in [-0.39, 0.29) is 30.0 Å². The van der Waals surface area contributed by atoms with Gasteiger partial charge in [-0.25, -0.2) is 9.37 Å². The number of carbonyl (C=O) groups excluding carboxylic acids is 1. The van der Waals surface area contributed by atoms with E-state index in [9.17, 15) is 14.3 Å². The van der Waals surface area contributed by atoms with Crippen molar-refractivity contribution >= 4 is 28.2 Å². The number of hydrogen-bond acceptors (Lipinski definition) is 8. The lowest BCUT2D eigenvalue weighted by atomic mass is 9.99. The van der Waals surface area contributed by atoms with E-state index in [1.165, 1.54) is 12.1 Å². The quantitative estimate of drug-likeness (QED) is 0.320. The Morgan fingerprint density at radius 2 is 2.05 bits per heavy atom. The van der Waals surface area contributed by atoms with Crippen LogP contribution in [0.3, 0.4) is 0 Å². The van der Waals surface area contributed by atoms with E-state index in [2.05, 4.69) is 9.97 Å². The third-order valence-corrected chi connectivity index (χ3v) is 7.71. The van der Waals surface area contributed by atoms with Gasteiger partial charge in [0.1, 0.15) is 28.8 Å². The minimum absolute atomic E-state index is 0.00220. The molecule has 4 heterocycles. The number of hydrogen-bond donors (Lipinski definition) is 1. The van der Waals surface area contributed by atoms with Crippen LogP contribution in [0.25, 0.3) is 10.8 Å². The fourth-order valence-electron chi connectivity index (χ4n) is 5.67. The smallest absolute Gasteiger partial charge is 0.318 e. The second-order valence-corrected chi connectivity index (χ2v) is 10.3. The molecule has 0 saturated carbocycles. The molecule has 10 nitrogen and oxygen atoms in total. The summed E-state index contributed by atoms with van der Waals surface area (Å²) in [5.41, 5.74) is 1.88. The van der Waals surface area contributed by atoms with Crippen LogP contribution < -0.4 is 14.5 Å². The number of carbonyl (C=O) groups is 1. The number of aromatic nitrogens is 4. The molecule has 2 aliphatic rings. The Bertz CT molecular complexity index is 1600. The van der Waals surface area contributed by atoms with E-state index in [0.717, 1.165) is 25.1 Å². The van der Waals surface area contributed by atoms with Gasteiger partial charge >= 0.3 is 6.01 Å². The average Bonchev–Trinajstić information content (AvgIpc) is 3.39. The first kappa shape index (κ1) is 26.9. The lowest BCUT2D eigenvalue weighted by Crippen LogP contribution is -2.30. The second-order valence-electron chi connectivity index (χ2n) is 10.3. The van der Waals surface area contributed by atoms with Gasteiger partial charge in [0, 0.05) is 57.0 Å². The predicted octanol–water partition coefficient (Wildman–Crippen LogP) is 4.17. The fourth-order valence-corrected chi connectivity index (χ4v) is 5.67. The number of amides is 1. The molecule has 1 fully saturated rings. The first-order valence-electron chi connectivity index (χ1n) is 14.0. The zero-order valence-corrected chi connectivity index (χ0v) is 23.3. The lowest BCUT2D eigenvalue weighted by Gasteiger charge is -2.23.